The molecule has 0 aliphatic carbocycles. The zero-order chi connectivity index (χ0) is 7.28. The molecule has 0 aromatic heterocycles. The Balaban J connectivity index is 3.68. The standard InChI is InChI=1S/C8H14O/c1-4-5-7(2)6-8(3)9/h4,6,8-9H,1,5H2,2-3H3. The Hall–Kier alpha value is -0.560. The first-order valence-electron chi connectivity index (χ1n) is 3.13. The van der Waals surface area contributed by atoms with E-state index in [1.807, 2.05) is 19.1 Å². The normalized spacial score (nSPS) is 15.2. The Morgan fingerprint density at radius 3 is 2.67 bits per heavy atom. The van der Waals surface area contributed by atoms with E-state index in [9.17, 15) is 0 Å². The highest BCUT2D eigenvalue weighted by molar-refractivity contribution is 5.04. The molecule has 1 heteroatoms. The molecule has 0 aliphatic rings. The van der Waals surface area contributed by atoms with Crippen molar-refractivity contribution in [3.8, 4) is 0 Å². The molecule has 0 aromatic rings. The molecule has 52 valence electrons. The molecule has 0 saturated heterocycles. The van der Waals surface area contributed by atoms with Crippen LogP contribution in [-0.4, -0.2) is 11.2 Å². The molecule has 0 saturated carbocycles. The van der Waals surface area contributed by atoms with Crippen LogP contribution >= 0.6 is 0 Å². The summed E-state index contributed by atoms with van der Waals surface area (Å²) in [4.78, 5) is 0. The first-order chi connectivity index (χ1) is 4.16. The maximum absolute atomic E-state index is 8.84. The fourth-order valence-corrected chi connectivity index (χ4v) is 0.707. The van der Waals surface area contributed by atoms with Crippen molar-refractivity contribution in [1.29, 1.82) is 0 Å². The number of aliphatic hydroxyl groups is 1. The van der Waals surface area contributed by atoms with Gasteiger partial charge >= 0.3 is 0 Å². The van der Waals surface area contributed by atoms with E-state index in [0.717, 1.165) is 6.42 Å². The molecule has 0 aromatic carbocycles. The smallest absolute Gasteiger partial charge is 0.0695 e. The van der Waals surface area contributed by atoms with Gasteiger partial charge in [-0.1, -0.05) is 17.7 Å². The average molecular weight is 126 g/mol. The minimum Gasteiger partial charge on any atom is -0.389 e. The number of hydrogen-bond acceptors (Lipinski definition) is 1. The van der Waals surface area contributed by atoms with Crippen molar-refractivity contribution in [3.05, 3.63) is 24.3 Å². The molecule has 0 aliphatic heterocycles. The van der Waals surface area contributed by atoms with Crippen LogP contribution < -0.4 is 0 Å². The fraction of sp³-hybridized carbons (Fsp3) is 0.500. The lowest BCUT2D eigenvalue weighted by Crippen LogP contribution is -1.93. The number of aliphatic hydroxyl groups excluding tert-OH is 1. The predicted molar refractivity (Wildman–Crippen MR) is 40.3 cm³/mol. The molecule has 0 rings (SSSR count). The molecular formula is C8H14O. The highest BCUT2D eigenvalue weighted by Crippen LogP contribution is 2.00. The molecule has 1 nitrogen and oxygen atoms in total. The first kappa shape index (κ1) is 8.44. The summed E-state index contributed by atoms with van der Waals surface area (Å²) in [6, 6.07) is 0. The van der Waals surface area contributed by atoms with E-state index in [4.69, 9.17) is 5.11 Å². The second-order valence-corrected chi connectivity index (χ2v) is 2.25. The van der Waals surface area contributed by atoms with Gasteiger partial charge in [-0.25, -0.2) is 0 Å². The topological polar surface area (TPSA) is 20.2 Å². The molecule has 0 fully saturated rings. The molecule has 0 heterocycles. The Labute approximate surface area is 56.7 Å². The summed E-state index contributed by atoms with van der Waals surface area (Å²) in [5.41, 5.74) is 1.17. The van der Waals surface area contributed by atoms with E-state index in [-0.39, 0.29) is 6.10 Å². The van der Waals surface area contributed by atoms with Gasteiger partial charge in [0.1, 0.15) is 0 Å². The van der Waals surface area contributed by atoms with Crippen LogP contribution in [0.25, 0.3) is 0 Å². The van der Waals surface area contributed by atoms with Crippen LogP contribution in [0.5, 0.6) is 0 Å². The van der Waals surface area contributed by atoms with Gasteiger partial charge in [-0.3, -0.25) is 0 Å². The summed E-state index contributed by atoms with van der Waals surface area (Å²) in [5, 5.41) is 8.84. The Morgan fingerprint density at radius 1 is 1.78 bits per heavy atom. The molecule has 0 bridgehead atoms. The van der Waals surface area contributed by atoms with Gasteiger partial charge in [0, 0.05) is 0 Å². The van der Waals surface area contributed by atoms with Crippen molar-refractivity contribution >= 4 is 0 Å². The third kappa shape index (κ3) is 5.31. The fourth-order valence-electron chi connectivity index (χ4n) is 0.707. The highest BCUT2D eigenvalue weighted by Gasteiger charge is 1.88. The maximum Gasteiger partial charge on any atom is 0.0695 e. The van der Waals surface area contributed by atoms with Crippen LogP contribution in [0.3, 0.4) is 0 Å². The van der Waals surface area contributed by atoms with E-state index >= 15 is 0 Å². The lowest BCUT2D eigenvalue weighted by atomic mass is 10.2. The Bertz CT molecular complexity index is 112. The summed E-state index contributed by atoms with van der Waals surface area (Å²) in [7, 11) is 0. The van der Waals surface area contributed by atoms with Gasteiger partial charge in [0.15, 0.2) is 0 Å². The summed E-state index contributed by atoms with van der Waals surface area (Å²) < 4.78 is 0. The molecule has 0 amide bonds. The molecular weight excluding hydrogens is 112 g/mol. The summed E-state index contributed by atoms with van der Waals surface area (Å²) in [5.74, 6) is 0. The van der Waals surface area contributed by atoms with E-state index in [1.54, 1.807) is 6.92 Å². The zero-order valence-corrected chi connectivity index (χ0v) is 6.09. The summed E-state index contributed by atoms with van der Waals surface area (Å²) >= 11 is 0. The van der Waals surface area contributed by atoms with Gasteiger partial charge < -0.3 is 5.11 Å². The monoisotopic (exact) mass is 126 g/mol. The second kappa shape index (κ2) is 4.33. The molecule has 9 heavy (non-hydrogen) atoms. The molecule has 1 N–H and O–H groups in total. The Morgan fingerprint density at radius 2 is 2.33 bits per heavy atom. The van der Waals surface area contributed by atoms with Crippen molar-refractivity contribution in [1.82, 2.24) is 0 Å². The van der Waals surface area contributed by atoms with Crippen LogP contribution in [-0.2, 0) is 0 Å². The van der Waals surface area contributed by atoms with Crippen LogP contribution in [0, 0.1) is 0 Å². The molecule has 1 atom stereocenters. The van der Waals surface area contributed by atoms with Crippen molar-refractivity contribution in [2.45, 2.75) is 26.4 Å². The van der Waals surface area contributed by atoms with E-state index in [0.29, 0.717) is 0 Å². The van der Waals surface area contributed by atoms with Gasteiger partial charge in [-0.2, -0.15) is 0 Å². The van der Waals surface area contributed by atoms with Gasteiger partial charge in [0.2, 0.25) is 0 Å². The lowest BCUT2D eigenvalue weighted by molar-refractivity contribution is 0.243. The van der Waals surface area contributed by atoms with Gasteiger partial charge in [0.25, 0.3) is 0 Å². The van der Waals surface area contributed by atoms with E-state index in [1.165, 1.54) is 5.57 Å². The van der Waals surface area contributed by atoms with Crippen LogP contribution in [0.2, 0.25) is 0 Å². The van der Waals surface area contributed by atoms with Crippen molar-refractivity contribution in [3.63, 3.8) is 0 Å². The van der Waals surface area contributed by atoms with E-state index < -0.39 is 0 Å². The minimum atomic E-state index is -0.329. The quantitative estimate of drug-likeness (QED) is 0.572. The van der Waals surface area contributed by atoms with Crippen molar-refractivity contribution in [2.75, 3.05) is 0 Å². The Kier molecular flexibility index (Phi) is 4.06. The maximum atomic E-state index is 8.84. The number of rotatable bonds is 3. The molecule has 1 unspecified atom stereocenters. The van der Waals surface area contributed by atoms with Crippen molar-refractivity contribution in [2.24, 2.45) is 0 Å². The van der Waals surface area contributed by atoms with Gasteiger partial charge in [-0.15, -0.1) is 6.58 Å². The van der Waals surface area contributed by atoms with Crippen LogP contribution in [0.1, 0.15) is 20.3 Å². The van der Waals surface area contributed by atoms with E-state index in [2.05, 4.69) is 6.58 Å². The SMILES string of the molecule is C=CCC(C)=CC(C)O. The summed E-state index contributed by atoms with van der Waals surface area (Å²) in [6.45, 7) is 7.31. The lowest BCUT2D eigenvalue weighted by Gasteiger charge is -1.97. The number of hydrogen-bond donors (Lipinski definition) is 1. The first-order valence-corrected chi connectivity index (χ1v) is 3.13. The summed E-state index contributed by atoms with van der Waals surface area (Å²) in [6.07, 6.45) is 4.19. The van der Waals surface area contributed by atoms with Gasteiger partial charge in [-0.05, 0) is 20.3 Å². The van der Waals surface area contributed by atoms with Gasteiger partial charge in [0.05, 0.1) is 6.10 Å². The second-order valence-electron chi connectivity index (χ2n) is 2.25. The highest BCUT2D eigenvalue weighted by atomic mass is 16.3. The third-order valence-corrected chi connectivity index (χ3v) is 0.992. The molecule has 0 radical (unpaired) electrons. The predicted octanol–water partition coefficient (Wildman–Crippen LogP) is 1.89. The van der Waals surface area contributed by atoms with Crippen LogP contribution in [0.4, 0.5) is 0 Å². The number of allylic oxidation sites excluding steroid dienone is 2. The zero-order valence-electron chi connectivity index (χ0n) is 6.09. The molecule has 0 spiro atoms. The largest absolute Gasteiger partial charge is 0.389 e. The third-order valence-electron chi connectivity index (χ3n) is 0.992. The average Bonchev–Trinajstić information content (AvgIpc) is 1.63. The minimum absolute atomic E-state index is 0.329. The van der Waals surface area contributed by atoms with Crippen molar-refractivity contribution < 1.29 is 5.11 Å². The van der Waals surface area contributed by atoms with Crippen LogP contribution in [0.15, 0.2) is 24.3 Å².